The second kappa shape index (κ2) is 12.1. The van der Waals surface area contributed by atoms with Gasteiger partial charge in [-0.15, -0.1) is 0 Å². The molecule has 0 fully saturated rings. The van der Waals surface area contributed by atoms with Crippen LogP contribution < -0.4 is 0 Å². The van der Waals surface area contributed by atoms with E-state index in [1.54, 1.807) is 18.1 Å². The summed E-state index contributed by atoms with van der Waals surface area (Å²) in [7, 11) is 0. The Hall–Kier alpha value is -3.44. The smallest absolute Gasteiger partial charge is 0.0931 e. The van der Waals surface area contributed by atoms with Gasteiger partial charge >= 0.3 is 0 Å². The molecule has 0 saturated heterocycles. The van der Waals surface area contributed by atoms with Gasteiger partial charge < -0.3 is 4.98 Å². The molecule has 5 heteroatoms. The minimum absolute atomic E-state index is 0.775. The van der Waals surface area contributed by atoms with Crippen LogP contribution in [0.1, 0.15) is 44.5 Å². The number of nitrogens with one attached hydrogen (secondary N) is 1. The Morgan fingerprint density at radius 2 is 2.00 bits per heavy atom. The second-order valence-electron chi connectivity index (χ2n) is 7.95. The quantitative estimate of drug-likeness (QED) is 0.196. The predicted molar refractivity (Wildman–Crippen MR) is 148 cm³/mol. The van der Waals surface area contributed by atoms with E-state index in [1.807, 2.05) is 32.3 Å². The molecule has 0 bridgehead atoms. The third-order valence-corrected chi connectivity index (χ3v) is 6.83. The highest BCUT2D eigenvalue weighted by molar-refractivity contribution is 8.03. The number of imidazole rings is 1. The SMILES string of the molecule is C=C/C(C)=C(\C=C\c1ccc2[nH]cnc2c1)Sc1cc(C/C=C(/N=C\C)C(\C)=C/C)cnc1C. The Bertz CT molecular complexity index is 1320. The molecule has 3 rings (SSSR count). The van der Waals surface area contributed by atoms with Crippen molar-refractivity contribution in [2.45, 2.75) is 45.9 Å². The summed E-state index contributed by atoms with van der Waals surface area (Å²) in [6.07, 6.45) is 16.7. The number of hydrogen-bond donors (Lipinski definition) is 1. The van der Waals surface area contributed by atoms with Gasteiger partial charge in [0.2, 0.25) is 0 Å². The first kappa shape index (κ1) is 25.2. The van der Waals surface area contributed by atoms with Crippen LogP contribution >= 0.6 is 11.8 Å². The van der Waals surface area contributed by atoms with Crippen LogP contribution in [0.2, 0.25) is 0 Å². The van der Waals surface area contributed by atoms with Crippen LogP contribution in [-0.2, 0) is 6.42 Å². The molecular formula is C29H32N4S. The van der Waals surface area contributed by atoms with Gasteiger partial charge in [-0.05, 0) is 87.6 Å². The van der Waals surface area contributed by atoms with Crippen LogP contribution in [0.3, 0.4) is 0 Å². The third-order valence-electron chi connectivity index (χ3n) is 5.52. The zero-order valence-electron chi connectivity index (χ0n) is 20.6. The van der Waals surface area contributed by atoms with E-state index in [1.165, 1.54) is 0 Å². The molecule has 2 aromatic heterocycles. The summed E-state index contributed by atoms with van der Waals surface area (Å²) in [4.78, 5) is 18.9. The van der Waals surface area contributed by atoms with E-state index < -0.39 is 0 Å². The van der Waals surface area contributed by atoms with Crippen molar-refractivity contribution in [3.8, 4) is 0 Å². The fourth-order valence-electron chi connectivity index (χ4n) is 3.27. The molecule has 34 heavy (non-hydrogen) atoms. The fraction of sp³-hybridized carbons (Fsp3) is 0.207. The average molecular weight is 469 g/mol. The highest BCUT2D eigenvalue weighted by atomic mass is 32.2. The minimum Gasteiger partial charge on any atom is -0.345 e. The molecule has 0 atom stereocenters. The summed E-state index contributed by atoms with van der Waals surface area (Å²) in [5, 5.41) is 0. The van der Waals surface area contributed by atoms with Crippen molar-refractivity contribution in [1.82, 2.24) is 15.0 Å². The Morgan fingerprint density at radius 3 is 2.74 bits per heavy atom. The van der Waals surface area contributed by atoms with Crippen LogP contribution in [0.25, 0.3) is 17.1 Å². The zero-order chi connectivity index (χ0) is 24.5. The molecule has 0 aliphatic rings. The Balaban J connectivity index is 1.86. The lowest BCUT2D eigenvalue weighted by Crippen LogP contribution is -1.92. The van der Waals surface area contributed by atoms with Crippen LogP contribution in [0.5, 0.6) is 0 Å². The number of aliphatic imine (C=N–C) groups is 1. The van der Waals surface area contributed by atoms with E-state index in [0.29, 0.717) is 0 Å². The topological polar surface area (TPSA) is 53.9 Å². The Labute approximate surface area is 207 Å². The number of allylic oxidation sites excluding steroid dienone is 6. The van der Waals surface area contributed by atoms with Crippen LogP contribution in [0.15, 0.2) is 99.3 Å². The second-order valence-corrected chi connectivity index (χ2v) is 9.03. The van der Waals surface area contributed by atoms with Gasteiger partial charge in [0.25, 0.3) is 0 Å². The number of aromatic nitrogens is 3. The maximum Gasteiger partial charge on any atom is 0.0931 e. The van der Waals surface area contributed by atoms with Crippen molar-refractivity contribution in [3.05, 3.63) is 106 Å². The molecule has 0 aliphatic heterocycles. The molecular weight excluding hydrogens is 436 g/mol. The number of fused-ring (bicyclic) bond motifs is 1. The number of nitrogens with zero attached hydrogens (tertiary/aromatic N) is 3. The fourth-order valence-corrected chi connectivity index (χ4v) is 4.30. The number of aromatic amines is 1. The summed E-state index contributed by atoms with van der Waals surface area (Å²) >= 11 is 1.72. The van der Waals surface area contributed by atoms with E-state index >= 15 is 0 Å². The molecule has 2 heterocycles. The van der Waals surface area contributed by atoms with Crippen molar-refractivity contribution in [1.29, 1.82) is 0 Å². The molecule has 4 nitrogen and oxygen atoms in total. The van der Waals surface area contributed by atoms with Crippen molar-refractivity contribution in [2.75, 3.05) is 0 Å². The number of rotatable bonds is 9. The predicted octanol–water partition coefficient (Wildman–Crippen LogP) is 8.02. The minimum atomic E-state index is 0.775. The molecule has 1 aromatic carbocycles. The summed E-state index contributed by atoms with van der Waals surface area (Å²) in [6.45, 7) is 14.2. The summed E-state index contributed by atoms with van der Waals surface area (Å²) in [5.74, 6) is 0. The van der Waals surface area contributed by atoms with Gasteiger partial charge in [-0.1, -0.05) is 48.7 Å². The molecule has 0 spiro atoms. The first-order chi connectivity index (χ1) is 16.4. The Morgan fingerprint density at radius 1 is 1.18 bits per heavy atom. The van der Waals surface area contributed by atoms with Crippen molar-refractivity contribution < 1.29 is 0 Å². The van der Waals surface area contributed by atoms with Crippen LogP contribution in [0.4, 0.5) is 0 Å². The number of H-pyrrole nitrogens is 1. The molecule has 3 aromatic rings. The van der Waals surface area contributed by atoms with Gasteiger partial charge in [0.05, 0.1) is 28.8 Å². The summed E-state index contributed by atoms with van der Waals surface area (Å²) < 4.78 is 0. The number of pyridine rings is 1. The van der Waals surface area contributed by atoms with E-state index in [2.05, 4.69) is 95.9 Å². The van der Waals surface area contributed by atoms with Crippen molar-refractivity contribution >= 4 is 35.1 Å². The Kier molecular flexibility index (Phi) is 9.00. The summed E-state index contributed by atoms with van der Waals surface area (Å²) in [5.41, 5.74) is 8.55. The van der Waals surface area contributed by atoms with E-state index in [0.717, 1.165) is 60.9 Å². The lowest BCUT2D eigenvalue weighted by Gasteiger charge is -2.10. The maximum absolute atomic E-state index is 4.67. The number of aryl methyl sites for hydroxylation is 1. The van der Waals surface area contributed by atoms with E-state index in [9.17, 15) is 0 Å². The largest absolute Gasteiger partial charge is 0.345 e. The molecule has 1 N–H and O–H groups in total. The molecule has 0 aliphatic carbocycles. The lowest BCUT2D eigenvalue weighted by molar-refractivity contribution is 1.06. The summed E-state index contributed by atoms with van der Waals surface area (Å²) in [6, 6.07) is 8.44. The molecule has 174 valence electrons. The molecule has 0 unspecified atom stereocenters. The van der Waals surface area contributed by atoms with Gasteiger partial charge in [-0.2, -0.15) is 0 Å². The number of thioether (sulfide) groups is 1. The normalized spacial score (nSPS) is 13.8. The monoisotopic (exact) mass is 468 g/mol. The van der Waals surface area contributed by atoms with Gasteiger partial charge in [0.15, 0.2) is 0 Å². The number of benzene rings is 1. The molecule has 0 radical (unpaired) electrons. The molecule has 0 saturated carbocycles. The number of hydrogen-bond acceptors (Lipinski definition) is 4. The average Bonchev–Trinajstić information content (AvgIpc) is 3.32. The lowest BCUT2D eigenvalue weighted by atomic mass is 10.1. The van der Waals surface area contributed by atoms with Gasteiger partial charge in [0, 0.05) is 22.2 Å². The van der Waals surface area contributed by atoms with E-state index in [4.69, 9.17) is 0 Å². The van der Waals surface area contributed by atoms with Crippen molar-refractivity contribution in [3.63, 3.8) is 0 Å². The maximum atomic E-state index is 4.67. The standard InChI is InChI=1S/C29H32N4S/c1-7-20(4)25(30-9-3)13-11-24-17-29(22(6)31-18-24)34-28(21(5)8-2)15-12-23-10-14-26-27(16-23)33-19-32-26/h7-10,12-19H,2,11H2,1,3-6H3,(H,32,33)/b15-12+,20-7-,25-13+,28-21+,30-9-. The highest BCUT2D eigenvalue weighted by Gasteiger charge is 2.08. The molecule has 0 amide bonds. The van der Waals surface area contributed by atoms with Gasteiger partial charge in [-0.25, -0.2) is 4.98 Å². The van der Waals surface area contributed by atoms with Crippen LogP contribution in [-0.4, -0.2) is 21.2 Å². The van der Waals surface area contributed by atoms with Crippen LogP contribution in [0, 0.1) is 6.92 Å². The highest BCUT2D eigenvalue weighted by Crippen LogP contribution is 2.33. The van der Waals surface area contributed by atoms with E-state index in [-0.39, 0.29) is 0 Å². The first-order valence-electron chi connectivity index (χ1n) is 11.3. The third kappa shape index (κ3) is 6.55. The van der Waals surface area contributed by atoms with Crippen molar-refractivity contribution in [2.24, 2.45) is 4.99 Å². The zero-order valence-corrected chi connectivity index (χ0v) is 21.4. The van der Waals surface area contributed by atoms with Gasteiger partial charge in [-0.3, -0.25) is 9.98 Å². The van der Waals surface area contributed by atoms with Gasteiger partial charge in [0.1, 0.15) is 0 Å². The first-order valence-corrected chi connectivity index (χ1v) is 12.2.